The molecule has 130 valence electrons. The molecule has 1 N–H and O–H groups in total. The van der Waals surface area contributed by atoms with Crippen LogP contribution in [0.5, 0.6) is 0 Å². The summed E-state index contributed by atoms with van der Waals surface area (Å²) in [5.74, 6) is 1.29. The number of methoxy groups -OCH3 is 1. The smallest absolute Gasteiger partial charge is 0.154 e. The molecule has 0 spiro atoms. The van der Waals surface area contributed by atoms with Crippen molar-refractivity contribution in [1.82, 2.24) is 29.9 Å². The van der Waals surface area contributed by atoms with Gasteiger partial charge in [0, 0.05) is 43.2 Å². The molecule has 0 radical (unpaired) electrons. The molecular formula is C18H17N7O. The Bertz CT molecular complexity index is 1060. The van der Waals surface area contributed by atoms with Gasteiger partial charge in [-0.2, -0.15) is 10.2 Å². The van der Waals surface area contributed by atoms with Gasteiger partial charge < -0.3 is 10.1 Å². The van der Waals surface area contributed by atoms with E-state index in [1.807, 2.05) is 49.9 Å². The number of nitrogens with one attached hydrogen (secondary N) is 1. The van der Waals surface area contributed by atoms with E-state index in [2.05, 4.69) is 30.6 Å². The van der Waals surface area contributed by atoms with Gasteiger partial charge in [-0.1, -0.05) is 0 Å². The molecule has 8 nitrogen and oxygen atoms in total. The minimum absolute atomic E-state index is 0.480. The van der Waals surface area contributed by atoms with Crippen LogP contribution in [0.1, 0.15) is 5.56 Å². The van der Waals surface area contributed by atoms with Crippen LogP contribution < -0.4 is 5.32 Å². The van der Waals surface area contributed by atoms with Crippen molar-refractivity contribution in [2.75, 3.05) is 12.4 Å². The molecule has 0 amide bonds. The Morgan fingerprint density at radius 3 is 2.77 bits per heavy atom. The SMILES string of the molecule is COCc1cnnc(Nc2ccc3ncc(-c4cnn(C)c4)cc3n2)c1. The third-order valence-electron chi connectivity index (χ3n) is 3.85. The van der Waals surface area contributed by atoms with Crippen molar-refractivity contribution in [3.63, 3.8) is 0 Å². The lowest BCUT2D eigenvalue weighted by Crippen LogP contribution is -2.00. The molecule has 0 bridgehead atoms. The quantitative estimate of drug-likeness (QED) is 0.593. The number of ether oxygens (including phenoxy) is 1. The van der Waals surface area contributed by atoms with Crippen molar-refractivity contribution >= 4 is 22.7 Å². The molecule has 26 heavy (non-hydrogen) atoms. The van der Waals surface area contributed by atoms with Gasteiger partial charge in [0.15, 0.2) is 5.82 Å². The molecule has 0 aliphatic rings. The highest BCUT2D eigenvalue weighted by Crippen LogP contribution is 2.23. The molecule has 0 saturated carbocycles. The van der Waals surface area contributed by atoms with Crippen LogP contribution in [0.4, 0.5) is 11.6 Å². The van der Waals surface area contributed by atoms with Gasteiger partial charge in [0.2, 0.25) is 0 Å². The molecule has 4 aromatic heterocycles. The Morgan fingerprint density at radius 1 is 1.04 bits per heavy atom. The molecule has 0 aliphatic carbocycles. The minimum Gasteiger partial charge on any atom is -0.380 e. The average Bonchev–Trinajstić information content (AvgIpc) is 3.08. The highest BCUT2D eigenvalue weighted by atomic mass is 16.5. The van der Waals surface area contributed by atoms with Gasteiger partial charge in [-0.3, -0.25) is 9.67 Å². The second-order valence-electron chi connectivity index (χ2n) is 5.87. The van der Waals surface area contributed by atoms with E-state index in [1.54, 1.807) is 18.0 Å². The van der Waals surface area contributed by atoms with Crippen molar-refractivity contribution in [3.8, 4) is 11.1 Å². The topological polar surface area (TPSA) is 90.6 Å². The van der Waals surface area contributed by atoms with Crippen molar-refractivity contribution in [2.24, 2.45) is 7.05 Å². The fourth-order valence-electron chi connectivity index (χ4n) is 2.65. The zero-order chi connectivity index (χ0) is 17.9. The van der Waals surface area contributed by atoms with Crippen LogP contribution >= 0.6 is 0 Å². The standard InChI is InChI=1S/C18H17N7O/c1-25-10-14(9-21-25)13-6-16-15(19-8-13)3-4-17(22-16)23-18-5-12(11-26-2)7-20-24-18/h3-10H,11H2,1-2H3,(H,22,23,24). The summed E-state index contributed by atoms with van der Waals surface area (Å²) in [4.78, 5) is 9.12. The summed E-state index contributed by atoms with van der Waals surface area (Å²) >= 11 is 0. The summed E-state index contributed by atoms with van der Waals surface area (Å²) in [6.45, 7) is 0.480. The second kappa shape index (κ2) is 6.85. The van der Waals surface area contributed by atoms with Crippen LogP contribution in [0.25, 0.3) is 22.2 Å². The highest BCUT2D eigenvalue weighted by molar-refractivity contribution is 5.81. The predicted molar refractivity (Wildman–Crippen MR) is 97.8 cm³/mol. The number of fused-ring (bicyclic) bond motifs is 1. The van der Waals surface area contributed by atoms with Crippen LogP contribution in [0.3, 0.4) is 0 Å². The second-order valence-corrected chi connectivity index (χ2v) is 5.87. The van der Waals surface area contributed by atoms with Gasteiger partial charge in [0.25, 0.3) is 0 Å². The number of rotatable bonds is 5. The maximum absolute atomic E-state index is 5.12. The van der Waals surface area contributed by atoms with E-state index < -0.39 is 0 Å². The largest absolute Gasteiger partial charge is 0.380 e. The van der Waals surface area contributed by atoms with Crippen molar-refractivity contribution in [3.05, 3.63) is 54.6 Å². The Hall–Kier alpha value is -3.39. The molecule has 4 heterocycles. The van der Waals surface area contributed by atoms with Crippen LogP contribution in [-0.2, 0) is 18.4 Å². The number of pyridine rings is 2. The zero-order valence-corrected chi connectivity index (χ0v) is 14.4. The van der Waals surface area contributed by atoms with Gasteiger partial charge in [0.1, 0.15) is 5.82 Å². The zero-order valence-electron chi connectivity index (χ0n) is 14.4. The summed E-state index contributed by atoms with van der Waals surface area (Å²) in [6.07, 6.45) is 7.25. The van der Waals surface area contributed by atoms with Gasteiger partial charge in [0.05, 0.1) is 30.0 Å². The minimum atomic E-state index is 0.480. The highest BCUT2D eigenvalue weighted by Gasteiger charge is 2.06. The van der Waals surface area contributed by atoms with Crippen molar-refractivity contribution in [2.45, 2.75) is 6.61 Å². The first kappa shape index (κ1) is 16.1. The normalized spacial score (nSPS) is 11.0. The Morgan fingerprint density at radius 2 is 1.96 bits per heavy atom. The van der Waals surface area contributed by atoms with Crippen LogP contribution in [0.15, 0.2) is 49.1 Å². The van der Waals surface area contributed by atoms with Crippen molar-refractivity contribution < 1.29 is 4.74 Å². The monoisotopic (exact) mass is 347 g/mol. The summed E-state index contributed by atoms with van der Waals surface area (Å²) in [7, 11) is 3.53. The van der Waals surface area contributed by atoms with E-state index in [-0.39, 0.29) is 0 Å². The first-order valence-corrected chi connectivity index (χ1v) is 8.04. The molecule has 4 aromatic rings. The van der Waals surface area contributed by atoms with E-state index in [1.165, 1.54) is 0 Å². The molecule has 0 saturated heterocycles. The van der Waals surface area contributed by atoms with Gasteiger partial charge in [-0.15, -0.1) is 5.10 Å². The molecular weight excluding hydrogens is 330 g/mol. The Balaban J connectivity index is 1.65. The first-order valence-electron chi connectivity index (χ1n) is 8.04. The Labute approximate surface area is 149 Å². The number of hydrogen-bond donors (Lipinski definition) is 1. The number of nitrogens with zero attached hydrogens (tertiary/aromatic N) is 6. The van der Waals surface area contributed by atoms with E-state index >= 15 is 0 Å². The molecule has 0 aromatic carbocycles. The summed E-state index contributed by atoms with van der Waals surface area (Å²) in [6, 6.07) is 7.66. The van der Waals surface area contributed by atoms with E-state index in [0.29, 0.717) is 18.2 Å². The lowest BCUT2D eigenvalue weighted by atomic mass is 10.1. The lowest BCUT2D eigenvalue weighted by molar-refractivity contribution is 0.184. The predicted octanol–water partition coefficient (Wildman–Crippen LogP) is 2.71. The van der Waals surface area contributed by atoms with Gasteiger partial charge >= 0.3 is 0 Å². The average molecular weight is 347 g/mol. The summed E-state index contributed by atoms with van der Waals surface area (Å²) in [5, 5.41) is 15.4. The number of anilines is 2. The third-order valence-corrected chi connectivity index (χ3v) is 3.85. The molecule has 0 atom stereocenters. The molecule has 0 aliphatic heterocycles. The van der Waals surface area contributed by atoms with Crippen LogP contribution in [0.2, 0.25) is 0 Å². The van der Waals surface area contributed by atoms with Crippen LogP contribution in [-0.4, -0.2) is 37.1 Å². The van der Waals surface area contributed by atoms with Crippen LogP contribution in [0, 0.1) is 0 Å². The maximum atomic E-state index is 5.12. The third kappa shape index (κ3) is 3.35. The van der Waals surface area contributed by atoms with Gasteiger partial charge in [-0.05, 0) is 24.3 Å². The van der Waals surface area contributed by atoms with E-state index in [9.17, 15) is 0 Å². The lowest BCUT2D eigenvalue weighted by Gasteiger charge is -2.07. The number of aromatic nitrogens is 6. The molecule has 4 rings (SSSR count). The van der Waals surface area contributed by atoms with E-state index in [0.717, 1.165) is 27.7 Å². The molecule has 8 heteroatoms. The molecule has 0 unspecified atom stereocenters. The van der Waals surface area contributed by atoms with Crippen molar-refractivity contribution in [1.29, 1.82) is 0 Å². The number of aryl methyl sites for hydroxylation is 1. The fraction of sp³-hybridized carbons (Fsp3) is 0.167. The Kier molecular flexibility index (Phi) is 4.24. The first-order chi connectivity index (χ1) is 12.7. The number of hydrogen-bond acceptors (Lipinski definition) is 7. The summed E-state index contributed by atoms with van der Waals surface area (Å²) in [5.41, 5.74) is 4.52. The summed E-state index contributed by atoms with van der Waals surface area (Å²) < 4.78 is 6.88. The fourth-order valence-corrected chi connectivity index (χ4v) is 2.65. The van der Waals surface area contributed by atoms with Gasteiger partial charge in [-0.25, -0.2) is 4.98 Å². The molecule has 0 fully saturated rings. The van der Waals surface area contributed by atoms with E-state index in [4.69, 9.17) is 4.74 Å². The maximum Gasteiger partial charge on any atom is 0.154 e.